The summed E-state index contributed by atoms with van der Waals surface area (Å²) in [6.07, 6.45) is 85.1. The molecule has 0 rings (SSSR count). The number of unbranched alkanes of at least 4 members (excludes halogenated alkanes) is 58. The van der Waals surface area contributed by atoms with E-state index in [0.29, 0.717) is 17.4 Å². The number of aliphatic carboxylic acids is 1. The Labute approximate surface area is 548 Å². The molecule has 0 saturated heterocycles. The van der Waals surface area contributed by atoms with E-state index in [-0.39, 0.29) is 38.2 Å². The highest BCUT2D eigenvalue weighted by Gasteiger charge is 2.25. The standard InChI is InChI=1S/C79H153NO8/c1-6-8-10-12-14-16-18-20-22-24-26-28-30-32-34-35-36-37-38-39-40-41-42-43-44-46-48-50-52-54-56-58-60-62-64-66-68-70-77(82)88-75(74-87-79(78(83)84)85-72-71-80(3,4)5)73-86-76(81)69-67-65-63-61-59-57-55-53-51-49-47-45-33-31-29-27-25-23-21-19-17-15-13-11-9-7-2/h24,26,75,79H,6-23,25,27-74H2,1-5H3/p+1/b26-24-. The van der Waals surface area contributed by atoms with Crippen LogP contribution in [0.15, 0.2) is 12.2 Å². The van der Waals surface area contributed by atoms with Gasteiger partial charge in [0.05, 0.1) is 34.4 Å². The summed E-state index contributed by atoms with van der Waals surface area (Å²) < 4.78 is 23.1. The van der Waals surface area contributed by atoms with Gasteiger partial charge in [0.15, 0.2) is 6.10 Å². The first-order valence-corrected chi connectivity index (χ1v) is 39.4. The zero-order valence-electron chi connectivity index (χ0n) is 59.9. The lowest BCUT2D eigenvalue weighted by atomic mass is 10.0. The van der Waals surface area contributed by atoms with Gasteiger partial charge in [-0.05, 0) is 38.5 Å². The lowest BCUT2D eigenvalue weighted by molar-refractivity contribution is -0.870. The van der Waals surface area contributed by atoms with Crippen LogP contribution in [0, 0.1) is 0 Å². The van der Waals surface area contributed by atoms with Crippen LogP contribution >= 0.6 is 0 Å². The predicted octanol–water partition coefficient (Wildman–Crippen LogP) is 24.8. The second-order valence-corrected chi connectivity index (χ2v) is 28.4. The van der Waals surface area contributed by atoms with Crippen LogP contribution in [0.25, 0.3) is 0 Å². The van der Waals surface area contributed by atoms with Gasteiger partial charge < -0.3 is 28.5 Å². The number of quaternary nitrogens is 1. The molecule has 9 heteroatoms. The fourth-order valence-electron chi connectivity index (χ4n) is 12.3. The van der Waals surface area contributed by atoms with Crippen LogP contribution in [-0.2, 0) is 33.3 Å². The van der Waals surface area contributed by atoms with Gasteiger partial charge in [0.25, 0.3) is 6.29 Å². The average Bonchev–Trinajstić information content (AvgIpc) is 3.54. The third kappa shape index (κ3) is 71.5. The number of carboxylic acid groups (broad SMARTS) is 1. The van der Waals surface area contributed by atoms with Gasteiger partial charge in [-0.1, -0.05) is 379 Å². The monoisotopic (exact) mass is 1250 g/mol. The van der Waals surface area contributed by atoms with E-state index in [0.717, 1.165) is 38.5 Å². The number of rotatable bonds is 75. The number of carbonyl (C=O) groups is 3. The van der Waals surface area contributed by atoms with Crippen molar-refractivity contribution in [1.29, 1.82) is 0 Å². The first-order chi connectivity index (χ1) is 43.1. The number of esters is 2. The summed E-state index contributed by atoms with van der Waals surface area (Å²) in [6, 6.07) is 0. The molecule has 522 valence electrons. The summed E-state index contributed by atoms with van der Waals surface area (Å²) in [4.78, 5) is 37.7. The minimum Gasteiger partial charge on any atom is -0.477 e. The summed E-state index contributed by atoms with van der Waals surface area (Å²) >= 11 is 0. The van der Waals surface area contributed by atoms with Crippen LogP contribution < -0.4 is 0 Å². The lowest BCUT2D eigenvalue weighted by Gasteiger charge is -2.25. The Morgan fingerprint density at radius 2 is 0.580 bits per heavy atom. The van der Waals surface area contributed by atoms with Crippen molar-refractivity contribution >= 4 is 17.9 Å². The molecule has 0 aromatic carbocycles. The molecule has 0 aliphatic rings. The number of carboxylic acids is 1. The molecule has 0 bridgehead atoms. The second kappa shape index (κ2) is 70.9. The fraction of sp³-hybridized carbons (Fsp3) is 0.937. The Bertz CT molecular complexity index is 1450. The molecule has 0 aromatic heterocycles. The second-order valence-electron chi connectivity index (χ2n) is 28.4. The van der Waals surface area contributed by atoms with Crippen molar-refractivity contribution in [3.63, 3.8) is 0 Å². The van der Waals surface area contributed by atoms with E-state index in [1.807, 2.05) is 21.1 Å². The van der Waals surface area contributed by atoms with Gasteiger partial charge in [0.2, 0.25) is 0 Å². The molecule has 0 aliphatic carbocycles. The van der Waals surface area contributed by atoms with Crippen molar-refractivity contribution in [1.82, 2.24) is 0 Å². The smallest absolute Gasteiger partial charge is 0.361 e. The van der Waals surface area contributed by atoms with Crippen LogP contribution in [0.2, 0.25) is 0 Å². The quantitative estimate of drug-likeness (QED) is 0.0211. The summed E-state index contributed by atoms with van der Waals surface area (Å²) in [5, 5.41) is 9.76. The van der Waals surface area contributed by atoms with Crippen LogP contribution in [0.3, 0.4) is 0 Å². The summed E-state index contributed by atoms with van der Waals surface area (Å²) in [5.74, 6) is -1.96. The number of hydrogen-bond donors (Lipinski definition) is 1. The molecule has 0 heterocycles. The summed E-state index contributed by atoms with van der Waals surface area (Å²) in [5.41, 5.74) is 0. The van der Waals surface area contributed by atoms with Crippen LogP contribution in [0.1, 0.15) is 418 Å². The normalized spacial score (nSPS) is 12.6. The van der Waals surface area contributed by atoms with E-state index in [9.17, 15) is 19.5 Å². The summed E-state index contributed by atoms with van der Waals surface area (Å²) in [7, 11) is 6.00. The van der Waals surface area contributed by atoms with Crippen molar-refractivity contribution in [3.8, 4) is 0 Å². The van der Waals surface area contributed by atoms with Gasteiger partial charge >= 0.3 is 17.9 Å². The molecule has 2 atom stereocenters. The van der Waals surface area contributed by atoms with E-state index >= 15 is 0 Å². The number of carbonyl (C=O) groups excluding carboxylic acids is 2. The fourth-order valence-corrected chi connectivity index (χ4v) is 12.3. The maximum absolute atomic E-state index is 13.0. The maximum Gasteiger partial charge on any atom is 0.361 e. The zero-order valence-corrected chi connectivity index (χ0v) is 59.9. The number of nitrogens with zero attached hydrogens (tertiary/aromatic N) is 1. The van der Waals surface area contributed by atoms with Crippen LogP contribution in [-0.4, -0.2) is 87.4 Å². The molecular formula is C79H154NO8+. The molecule has 0 amide bonds. The van der Waals surface area contributed by atoms with Crippen molar-refractivity contribution in [2.75, 3.05) is 47.5 Å². The van der Waals surface area contributed by atoms with Crippen molar-refractivity contribution in [3.05, 3.63) is 12.2 Å². The molecule has 0 saturated carbocycles. The molecular weight excluding hydrogens is 1090 g/mol. The topological polar surface area (TPSA) is 108 Å². The first-order valence-electron chi connectivity index (χ1n) is 39.4. The molecule has 0 aliphatic heterocycles. The van der Waals surface area contributed by atoms with Crippen molar-refractivity contribution in [2.24, 2.45) is 0 Å². The SMILES string of the molecule is CCCCCCCCCC/C=C\CCCCCCCCCCCCCCCCCCCCCCCCCCCC(=O)OC(COC(=O)CCCCCCCCCCCCCCCCCCCCCCCCCCCC)COC(OCC[N+](C)(C)C)C(=O)O. The molecule has 2 unspecified atom stereocenters. The molecule has 1 N–H and O–H groups in total. The highest BCUT2D eigenvalue weighted by atomic mass is 16.7. The maximum atomic E-state index is 13.0. The number of allylic oxidation sites excluding steroid dienone is 2. The van der Waals surface area contributed by atoms with Gasteiger partial charge in [0, 0.05) is 12.8 Å². The van der Waals surface area contributed by atoms with Gasteiger partial charge in [0.1, 0.15) is 13.2 Å². The zero-order chi connectivity index (χ0) is 64.0. The average molecular weight is 1250 g/mol. The third-order valence-corrected chi connectivity index (χ3v) is 18.3. The first kappa shape index (κ1) is 86.0. The molecule has 0 fully saturated rings. The van der Waals surface area contributed by atoms with Gasteiger partial charge in [-0.2, -0.15) is 0 Å². The minimum absolute atomic E-state index is 0.173. The Hall–Kier alpha value is -1.97. The molecule has 88 heavy (non-hydrogen) atoms. The van der Waals surface area contributed by atoms with Crippen LogP contribution in [0.5, 0.6) is 0 Å². The van der Waals surface area contributed by atoms with Gasteiger partial charge in [-0.25, -0.2) is 4.79 Å². The minimum atomic E-state index is -1.51. The lowest BCUT2D eigenvalue weighted by Crippen LogP contribution is -2.40. The Morgan fingerprint density at radius 3 is 0.841 bits per heavy atom. The van der Waals surface area contributed by atoms with E-state index in [1.54, 1.807) is 0 Å². The van der Waals surface area contributed by atoms with E-state index < -0.39 is 18.4 Å². The molecule has 0 aromatic rings. The number of hydrogen-bond acceptors (Lipinski definition) is 7. The Balaban J connectivity index is 3.95. The third-order valence-electron chi connectivity index (χ3n) is 18.3. The number of ether oxygens (including phenoxy) is 4. The van der Waals surface area contributed by atoms with Crippen molar-refractivity contribution in [2.45, 2.75) is 431 Å². The van der Waals surface area contributed by atoms with E-state index in [1.165, 1.54) is 353 Å². The molecule has 0 radical (unpaired) electrons. The number of likely N-dealkylation sites (N-methyl/N-ethyl adjacent to an activating group) is 1. The summed E-state index contributed by atoms with van der Waals surface area (Å²) in [6.45, 7) is 4.97. The highest BCUT2D eigenvalue weighted by molar-refractivity contribution is 5.71. The van der Waals surface area contributed by atoms with Crippen molar-refractivity contribution < 1.29 is 42.9 Å². The van der Waals surface area contributed by atoms with E-state index in [4.69, 9.17) is 18.9 Å². The predicted molar refractivity (Wildman–Crippen MR) is 378 cm³/mol. The Morgan fingerprint density at radius 1 is 0.330 bits per heavy atom. The molecule has 0 spiro atoms. The van der Waals surface area contributed by atoms with Crippen LogP contribution in [0.4, 0.5) is 0 Å². The van der Waals surface area contributed by atoms with Gasteiger partial charge in [-0.3, -0.25) is 9.59 Å². The highest BCUT2D eigenvalue weighted by Crippen LogP contribution is 2.20. The van der Waals surface area contributed by atoms with E-state index in [2.05, 4.69) is 26.0 Å². The Kier molecular flexibility index (Phi) is 69.3. The largest absolute Gasteiger partial charge is 0.477 e. The molecule has 9 nitrogen and oxygen atoms in total. The van der Waals surface area contributed by atoms with Gasteiger partial charge in [-0.15, -0.1) is 0 Å².